The molecule has 8 nitrogen and oxygen atoms in total. The lowest BCUT2D eigenvalue weighted by Crippen LogP contribution is -2.49. The SMILES string of the molecule is Cc1cc(C)nc(N2CCC[C@@H](C(=O)NNC(=O)c3ccncc3)C2)n1. The second-order valence-corrected chi connectivity index (χ2v) is 6.42. The molecule has 2 aromatic rings. The summed E-state index contributed by atoms with van der Waals surface area (Å²) in [5.74, 6) is -0.153. The number of anilines is 1. The van der Waals surface area contributed by atoms with Crippen LogP contribution < -0.4 is 15.8 Å². The number of aromatic nitrogens is 3. The second kappa shape index (κ2) is 7.90. The van der Waals surface area contributed by atoms with Gasteiger partial charge in [-0.05, 0) is 44.9 Å². The molecule has 0 bridgehead atoms. The average molecular weight is 354 g/mol. The molecular formula is C18H22N6O2. The van der Waals surface area contributed by atoms with Gasteiger partial charge in [-0.2, -0.15) is 0 Å². The molecule has 3 rings (SSSR count). The highest BCUT2D eigenvalue weighted by Gasteiger charge is 2.27. The molecule has 0 saturated carbocycles. The summed E-state index contributed by atoms with van der Waals surface area (Å²) in [6, 6.07) is 5.09. The van der Waals surface area contributed by atoms with Crippen molar-refractivity contribution >= 4 is 17.8 Å². The molecule has 2 amide bonds. The Bertz CT molecular complexity index is 775. The highest BCUT2D eigenvalue weighted by atomic mass is 16.2. The maximum Gasteiger partial charge on any atom is 0.269 e. The molecule has 0 aliphatic carbocycles. The number of carbonyl (C=O) groups is 2. The van der Waals surface area contributed by atoms with Gasteiger partial charge in [-0.1, -0.05) is 0 Å². The summed E-state index contributed by atoms with van der Waals surface area (Å²) in [5.41, 5.74) is 7.22. The zero-order valence-electron chi connectivity index (χ0n) is 14.9. The molecule has 2 N–H and O–H groups in total. The quantitative estimate of drug-likeness (QED) is 0.803. The lowest BCUT2D eigenvalue weighted by atomic mass is 9.97. The topological polar surface area (TPSA) is 100 Å². The number of aryl methyl sites for hydroxylation is 2. The Labute approximate surface area is 152 Å². The smallest absolute Gasteiger partial charge is 0.269 e. The molecule has 0 unspecified atom stereocenters. The molecule has 136 valence electrons. The fourth-order valence-corrected chi connectivity index (χ4v) is 3.02. The number of piperidine rings is 1. The van der Waals surface area contributed by atoms with Crippen molar-refractivity contribution in [2.24, 2.45) is 5.92 Å². The monoisotopic (exact) mass is 354 g/mol. The highest BCUT2D eigenvalue weighted by Crippen LogP contribution is 2.21. The summed E-state index contributed by atoms with van der Waals surface area (Å²) in [6.45, 7) is 5.21. The maximum absolute atomic E-state index is 12.4. The summed E-state index contributed by atoms with van der Waals surface area (Å²) >= 11 is 0. The van der Waals surface area contributed by atoms with Crippen molar-refractivity contribution in [2.45, 2.75) is 26.7 Å². The van der Waals surface area contributed by atoms with Gasteiger partial charge in [0.15, 0.2) is 0 Å². The third kappa shape index (κ3) is 4.33. The van der Waals surface area contributed by atoms with Crippen LogP contribution in [-0.4, -0.2) is 39.9 Å². The lowest BCUT2D eigenvalue weighted by Gasteiger charge is -2.32. The van der Waals surface area contributed by atoms with Gasteiger partial charge < -0.3 is 4.90 Å². The number of carbonyl (C=O) groups excluding carboxylic acids is 2. The lowest BCUT2D eigenvalue weighted by molar-refractivity contribution is -0.126. The first-order valence-corrected chi connectivity index (χ1v) is 8.60. The summed E-state index contributed by atoms with van der Waals surface area (Å²) < 4.78 is 0. The van der Waals surface area contributed by atoms with Gasteiger partial charge in [-0.25, -0.2) is 9.97 Å². The number of nitrogens with zero attached hydrogens (tertiary/aromatic N) is 4. The molecule has 1 fully saturated rings. The standard InChI is InChI=1S/C18H22N6O2/c1-12-10-13(2)21-18(20-12)24-9-3-4-15(11-24)17(26)23-22-16(25)14-5-7-19-8-6-14/h5-8,10,15H,3-4,9,11H2,1-2H3,(H,22,25)(H,23,26)/t15-/m1/s1. The van der Waals surface area contributed by atoms with Crippen LogP contribution in [0.5, 0.6) is 0 Å². The highest BCUT2D eigenvalue weighted by molar-refractivity contribution is 5.95. The van der Waals surface area contributed by atoms with E-state index in [-0.39, 0.29) is 17.7 Å². The van der Waals surface area contributed by atoms with E-state index >= 15 is 0 Å². The first-order chi connectivity index (χ1) is 12.5. The van der Waals surface area contributed by atoms with Gasteiger partial charge >= 0.3 is 0 Å². The van der Waals surface area contributed by atoms with E-state index in [9.17, 15) is 9.59 Å². The predicted octanol–water partition coefficient (Wildman–Crippen LogP) is 1.17. The van der Waals surface area contributed by atoms with Gasteiger partial charge in [-0.15, -0.1) is 0 Å². The van der Waals surface area contributed by atoms with Crippen molar-refractivity contribution in [1.82, 2.24) is 25.8 Å². The molecule has 0 aromatic carbocycles. The van der Waals surface area contributed by atoms with E-state index in [2.05, 4.69) is 25.8 Å². The fraction of sp³-hybridized carbons (Fsp3) is 0.389. The minimum absolute atomic E-state index is 0.207. The Kier molecular flexibility index (Phi) is 5.40. The number of nitrogens with one attached hydrogen (secondary N) is 2. The van der Waals surface area contributed by atoms with Gasteiger partial charge in [0.2, 0.25) is 11.9 Å². The van der Waals surface area contributed by atoms with E-state index in [1.165, 1.54) is 12.4 Å². The zero-order valence-corrected chi connectivity index (χ0v) is 14.9. The van der Waals surface area contributed by atoms with Crippen LogP contribution >= 0.6 is 0 Å². The summed E-state index contributed by atoms with van der Waals surface area (Å²) in [5, 5.41) is 0. The van der Waals surface area contributed by atoms with Crippen LogP contribution in [0, 0.1) is 19.8 Å². The van der Waals surface area contributed by atoms with Crippen LogP contribution in [0.15, 0.2) is 30.6 Å². The van der Waals surface area contributed by atoms with E-state index in [0.29, 0.717) is 18.1 Å². The van der Waals surface area contributed by atoms with E-state index in [1.807, 2.05) is 24.8 Å². The molecule has 0 spiro atoms. The van der Waals surface area contributed by atoms with Gasteiger partial charge in [0.05, 0.1) is 5.92 Å². The third-order valence-electron chi connectivity index (χ3n) is 4.29. The second-order valence-electron chi connectivity index (χ2n) is 6.42. The van der Waals surface area contributed by atoms with E-state index in [4.69, 9.17) is 0 Å². The number of hydrogen-bond donors (Lipinski definition) is 2. The molecular weight excluding hydrogens is 332 g/mol. The van der Waals surface area contributed by atoms with Crippen molar-refractivity contribution in [1.29, 1.82) is 0 Å². The summed E-state index contributed by atoms with van der Waals surface area (Å²) in [4.78, 5) is 39.3. The Morgan fingerprint density at radius 1 is 1.12 bits per heavy atom. The minimum Gasteiger partial charge on any atom is -0.340 e. The van der Waals surface area contributed by atoms with Crippen molar-refractivity contribution in [2.75, 3.05) is 18.0 Å². The normalized spacial score (nSPS) is 16.8. The number of amides is 2. The van der Waals surface area contributed by atoms with Gasteiger partial charge in [0.25, 0.3) is 5.91 Å². The minimum atomic E-state index is -0.369. The van der Waals surface area contributed by atoms with E-state index < -0.39 is 0 Å². The molecule has 3 heterocycles. The molecule has 0 radical (unpaired) electrons. The van der Waals surface area contributed by atoms with Crippen LogP contribution in [-0.2, 0) is 4.79 Å². The predicted molar refractivity (Wildman–Crippen MR) is 96.3 cm³/mol. The van der Waals surface area contributed by atoms with Gasteiger partial charge in [0, 0.05) is 42.4 Å². The Morgan fingerprint density at radius 3 is 2.50 bits per heavy atom. The molecule has 26 heavy (non-hydrogen) atoms. The van der Waals surface area contributed by atoms with Gasteiger partial charge in [0.1, 0.15) is 0 Å². The van der Waals surface area contributed by atoms with Crippen molar-refractivity contribution in [3.05, 3.63) is 47.5 Å². The molecule has 2 aromatic heterocycles. The van der Waals surface area contributed by atoms with Crippen LogP contribution in [0.25, 0.3) is 0 Å². The largest absolute Gasteiger partial charge is 0.340 e. The van der Waals surface area contributed by atoms with E-state index in [0.717, 1.165) is 30.8 Å². The Balaban J connectivity index is 1.58. The summed E-state index contributed by atoms with van der Waals surface area (Å²) in [7, 11) is 0. The fourth-order valence-electron chi connectivity index (χ4n) is 3.02. The van der Waals surface area contributed by atoms with Crippen molar-refractivity contribution in [3.8, 4) is 0 Å². The first-order valence-electron chi connectivity index (χ1n) is 8.60. The Morgan fingerprint density at radius 2 is 1.81 bits per heavy atom. The number of rotatable bonds is 3. The molecule has 1 aliphatic heterocycles. The zero-order chi connectivity index (χ0) is 18.5. The van der Waals surface area contributed by atoms with Crippen molar-refractivity contribution < 1.29 is 9.59 Å². The molecule has 1 aliphatic rings. The van der Waals surface area contributed by atoms with Crippen molar-refractivity contribution in [3.63, 3.8) is 0 Å². The van der Waals surface area contributed by atoms with Crippen LogP contribution in [0.3, 0.4) is 0 Å². The molecule has 1 atom stereocenters. The van der Waals surface area contributed by atoms with Crippen LogP contribution in [0.1, 0.15) is 34.6 Å². The first kappa shape index (κ1) is 17.8. The average Bonchev–Trinajstić information content (AvgIpc) is 2.66. The number of pyridine rings is 1. The Hall–Kier alpha value is -3.03. The van der Waals surface area contributed by atoms with Crippen LogP contribution in [0.2, 0.25) is 0 Å². The van der Waals surface area contributed by atoms with Gasteiger partial charge in [-0.3, -0.25) is 25.4 Å². The number of hydrazine groups is 1. The number of hydrogen-bond acceptors (Lipinski definition) is 6. The molecule has 8 heteroatoms. The molecule has 1 saturated heterocycles. The maximum atomic E-state index is 12.4. The van der Waals surface area contributed by atoms with E-state index in [1.54, 1.807) is 12.1 Å². The third-order valence-corrected chi connectivity index (χ3v) is 4.29. The van der Waals surface area contributed by atoms with Crippen LogP contribution in [0.4, 0.5) is 5.95 Å². The summed E-state index contributed by atoms with van der Waals surface area (Å²) in [6.07, 6.45) is 4.68.